The lowest BCUT2D eigenvalue weighted by atomic mass is 10.5. The molecule has 0 heterocycles. The van der Waals surface area contributed by atoms with Crippen molar-refractivity contribution in [2.75, 3.05) is 19.6 Å². The minimum Gasteiger partial charge on any atom is -0.465 e. The zero-order valence-electron chi connectivity index (χ0n) is 8.28. The maximum absolute atomic E-state index is 11.4. The molecule has 76 valence electrons. The third-order valence-electron chi connectivity index (χ3n) is 1.81. The number of urea groups is 1. The van der Waals surface area contributed by atoms with Gasteiger partial charge in [0, 0.05) is 19.6 Å². The number of amides is 3. The van der Waals surface area contributed by atoms with Gasteiger partial charge in [-0.15, -0.1) is 0 Å². The minimum atomic E-state index is -1.19. The number of nitrogens with zero attached hydrogens (tertiary/aromatic N) is 2. The molecule has 0 aliphatic heterocycles. The van der Waals surface area contributed by atoms with Gasteiger partial charge in [-0.05, 0) is 20.8 Å². The van der Waals surface area contributed by atoms with Gasteiger partial charge in [0.15, 0.2) is 0 Å². The fourth-order valence-electron chi connectivity index (χ4n) is 1.02. The summed E-state index contributed by atoms with van der Waals surface area (Å²) in [5, 5.41) is 8.66. The summed E-state index contributed by atoms with van der Waals surface area (Å²) in [7, 11) is 0. The number of hydrogen-bond acceptors (Lipinski definition) is 2. The molecule has 0 aliphatic rings. The van der Waals surface area contributed by atoms with Crippen molar-refractivity contribution >= 4 is 12.1 Å². The molecule has 13 heavy (non-hydrogen) atoms. The molecule has 5 heteroatoms. The summed E-state index contributed by atoms with van der Waals surface area (Å²) in [6.07, 6.45) is -1.19. The van der Waals surface area contributed by atoms with E-state index in [1.54, 1.807) is 6.92 Å². The van der Waals surface area contributed by atoms with Crippen molar-refractivity contribution < 1.29 is 14.7 Å². The van der Waals surface area contributed by atoms with Crippen molar-refractivity contribution in [2.24, 2.45) is 0 Å². The second kappa shape index (κ2) is 5.40. The maximum atomic E-state index is 11.4. The highest BCUT2D eigenvalue weighted by atomic mass is 16.4. The monoisotopic (exact) mass is 188 g/mol. The van der Waals surface area contributed by atoms with Crippen molar-refractivity contribution in [3.05, 3.63) is 0 Å². The third kappa shape index (κ3) is 2.93. The number of carbonyl (C=O) groups is 2. The molecule has 0 aromatic heterocycles. The second-order valence-electron chi connectivity index (χ2n) is 2.48. The molecule has 0 unspecified atom stereocenters. The molecule has 1 N–H and O–H groups in total. The van der Waals surface area contributed by atoms with Gasteiger partial charge < -0.3 is 10.0 Å². The van der Waals surface area contributed by atoms with Crippen LogP contribution in [0.4, 0.5) is 9.59 Å². The standard InChI is InChI=1S/C8H16N2O3/c1-4-9(5-2)7(11)10(6-3)8(12)13/h4-6H2,1-3H3,(H,12,13). The minimum absolute atomic E-state index is 0.185. The number of hydrogen-bond donors (Lipinski definition) is 1. The lowest BCUT2D eigenvalue weighted by Crippen LogP contribution is -2.45. The predicted molar refractivity (Wildman–Crippen MR) is 48.7 cm³/mol. The molecule has 0 saturated heterocycles. The highest BCUT2D eigenvalue weighted by Gasteiger charge is 2.22. The van der Waals surface area contributed by atoms with Gasteiger partial charge in [0.25, 0.3) is 0 Å². The largest absolute Gasteiger partial charge is 0.465 e. The molecule has 5 nitrogen and oxygen atoms in total. The second-order valence-corrected chi connectivity index (χ2v) is 2.48. The Kier molecular flexibility index (Phi) is 4.87. The molecule has 0 aromatic carbocycles. The van der Waals surface area contributed by atoms with Crippen LogP contribution in [0.5, 0.6) is 0 Å². The van der Waals surface area contributed by atoms with Gasteiger partial charge in [-0.2, -0.15) is 0 Å². The summed E-state index contributed by atoms with van der Waals surface area (Å²) in [5.74, 6) is 0. The Balaban J connectivity index is 4.43. The van der Waals surface area contributed by atoms with Crippen LogP contribution >= 0.6 is 0 Å². The summed E-state index contributed by atoms with van der Waals surface area (Å²) < 4.78 is 0. The van der Waals surface area contributed by atoms with Crippen LogP contribution < -0.4 is 0 Å². The third-order valence-corrected chi connectivity index (χ3v) is 1.81. The molecule has 0 rings (SSSR count). The first-order chi connectivity index (χ1) is 6.08. The summed E-state index contributed by atoms with van der Waals surface area (Å²) in [6.45, 7) is 6.51. The Morgan fingerprint density at radius 1 is 1.08 bits per heavy atom. The topological polar surface area (TPSA) is 60.9 Å². The van der Waals surface area contributed by atoms with E-state index in [1.165, 1.54) is 4.90 Å². The fraction of sp³-hybridized carbons (Fsp3) is 0.750. The normalized spacial score (nSPS) is 9.46. The van der Waals surface area contributed by atoms with Crippen LogP contribution in [-0.4, -0.2) is 46.7 Å². The van der Waals surface area contributed by atoms with E-state index in [0.29, 0.717) is 13.1 Å². The highest BCUT2D eigenvalue weighted by molar-refractivity contribution is 5.89. The van der Waals surface area contributed by atoms with Gasteiger partial charge in [0.1, 0.15) is 0 Å². The quantitative estimate of drug-likeness (QED) is 0.729. The lowest BCUT2D eigenvalue weighted by molar-refractivity contribution is 0.132. The van der Waals surface area contributed by atoms with Crippen LogP contribution in [0.25, 0.3) is 0 Å². The molecular weight excluding hydrogens is 172 g/mol. The summed E-state index contributed by atoms with van der Waals surface area (Å²) in [4.78, 5) is 24.3. The Morgan fingerprint density at radius 3 is 1.77 bits per heavy atom. The van der Waals surface area contributed by atoms with Crippen LogP contribution in [0.15, 0.2) is 0 Å². The van der Waals surface area contributed by atoms with E-state index in [0.717, 1.165) is 4.90 Å². The zero-order valence-corrected chi connectivity index (χ0v) is 8.28. The van der Waals surface area contributed by atoms with Gasteiger partial charge in [-0.25, -0.2) is 14.5 Å². The SMILES string of the molecule is CCN(CC)C(=O)N(CC)C(=O)O. The van der Waals surface area contributed by atoms with Crippen LogP contribution in [0.3, 0.4) is 0 Å². The molecular formula is C8H16N2O3. The average Bonchev–Trinajstić information content (AvgIpc) is 2.07. The van der Waals surface area contributed by atoms with Crippen molar-refractivity contribution in [2.45, 2.75) is 20.8 Å². The molecule has 0 aliphatic carbocycles. The molecule has 3 amide bonds. The van der Waals surface area contributed by atoms with Gasteiger partial charge in [-0.1, -0.05) is 0 Å². The van der Waals surface area contributed by atoms with Crippen molar-refractivity contribution in [1.29, 1.82) is 0 Å². The first kappa shape index (κ1) is 11.7. The smallest absolute Gasteiger partial charge is 0.415 e. The number of carboxylic acid groups (broad SMARTS) is 1. The van der Waals surface area contributed by atoms with Crippen LogP contribution in [-0.2, 0) is 0 Å². The Morgan fingerprint density at radius 2 is 1.54 bits per heavy atom. The number of imide groups is 1. The van der Waals surface area contributed by atoms with Crippen LogP contribution in [0, 0.1) is 0 Å². The van der Waals surface area contributed by atoms with E-state index in [4.69, 9.17) is 5.11 Å². The highest BCUT2D eigenvalue weighted by Crippen LogP contribution is 1.99. The zero-order chi connectivity index (χ0) is 10.4. The van der Waals surface area contributed by atoms with Gasteiger partial charge in [-0.3, -0.25) is 0 Å². The maximum Gasteiger partial charge on any atom is 0.415 e. The predicted octanol–water partition coefficient (Wildman–Crippen LogP) is 1.45. The van der Waals surface area contributed by atoms with Gasteiger partial charge >= 0.3 is 12.1 Å². The van der Waals surface area contributed by atoms with Crippen LogP contribution in [0.1, 0.15) is 20.8 Å². The number of rotatable bonds is 3. The molecule has 0 bridgehead atoms. The van der Waals surface area contributed by atoms with Crippen molar-refractivity contribution in [1.82, 2.24) is 9.80 Å². The Hall–Kier alpha value is -1.26. The summed E-state index contributed by atoms with van der Waals surface area (Å²) in [6, 6.07) is -0.444. The summed E-state index contributed by atoms with van der Waals surface area (Å²) >= 11 is 0. The molecule has 0 atom stereocenters. The van der Waals surface area contributed by atoms with E-state index in [1.807, 2.05) is 13.8 Å². The van der Waals surface area contributed by atoms with Crippen LogP contribution in [0.2, 0.25) is 0 Å². The molecule has 0 spiro atoms. The molecule has 0 fully saturated rings. The van der Waals surface area contributed by atoms with Crippen molar-refractivity contribution in [3.8, 4) is 0 Å². The summed E-state index contributed by atoms with van der Waals surface area (Å²) in [5.41, 5.74) is 0. The lowest BCUT2D eigenvalue weighted by Gasteiger charge is -2.24. The average molecular weight is 188 g/mol. The van der Waals surface area contributed by atoms with E-state index >= 15 is 0 Å². The molecule has 0 saturated carbocycles. The number of carbonyl (C=O) groups excluding carboxylic acids is 1. The fourth-order valence-corrected chi connectivity index (χ4v) is 1.02. The van der Waals surface area contributed by atoms with E-state index in [9.17, 15) is 9.59 Å². The van der Waals surface area contributed by atoms with Gasteiger partial charge in [0.05, 0.1) is 0 Å². The molecule has 0 radical (unpaired) electrons. The van der Waals surface area contributed by atoms with E-state index in [2.05, 4.69) is 0 Å². The Labute approximate surface area is 77.9 Å². The Bertz CT molecular complexity index is 190. The molecule has 0 aromatic rings. The van der Waals surface area contributed by atoms with Gasteiger partial charge in [0.2, 0.25) is 0 Å². The first-order valence-corrected chi connectivity index (χ1v) is 4.37. The van der Waals surface area contributed by atoms with E-state index in [-0.39, 0.29) is 6.54 Å². The first-order valence-electron chi connectivity index (χ1n) is 4.37. The van der Waals surface area contributed by atoms with Crippen molar-refractivity contribution in [3.63, 3.8) is 0 Å². The van der Waals surface area contributed by atoms with E-state index < -0.39 is 12.1 Å².